The molecule has 1 aliphatic heterocycles. The molecular weight excluding hydrogens is 224 g/mol. The fourth-order valence-corrected chi connectivity index (χ4v) is 2.48. The molecule has 0 unspecified atom stereocenters. The number of aromatic nitrogens is 1. The minimum atomic E-state index is 0.689. The molecule has 0 aliphatic carbocycles. The van der Waals surface area contributed by atoms with Gasteiger partial charge in [0.25, 0.3) is 0 Å². The van der Waals surface area contributed by atoms with Crippen molar-refractivity contribution in [2.45, 2.75) is 13.3 Å². The Hall–Kier alpha value is -2.03. The first kappa shape index (κ1) is 11.1. The van der Waals surface area contributed by atoms with E-state index >= 15 is 0 Å². The standard InChI is InChI=1S/C15H16N2O/c1-11-10-14(18-2)16-15-13(11)8-9-17(15)12-6-4-3-5-7-12/h3-7,10H,8-9H2,1-2H3. The Morgan fingerprint density at radius 3 is 2.72 bits per heavy atom. The minimum absolute atomic E-state index is 0.689. The van der Waals surface area contributed by atoms with Crippen molar-refractivity contribution in [3.05, 3.63) is 47.5 Å². The van der Waals surface area contributed by atoms with Gasteiger partial charge in [-0.2, -0.15) is 4.98 Å². The van der Waals surface area contributed by atoms with Crippen LogP contribution in [0.2, 0.25) is 0 Å². The first-order valence-corrected chi connectivity index (χ1v) is 6.16. The molecule has 1 aromatic heterocycles. The molecule has 0 atom stereocenters. The summed E-state index contributed by atoms with van der Waals surface area (Å²) in [5.41, 5.74) is 3.78. The summed E-state index contributed by atoms with van der Waals surface area (Å²) < 4.78 is 5.27. The maximum absolute atomic E-state index is 5.27. The number of anilines is 2. The third-order valence-electron chi connectivity index (χ3n) is 3.42. The van der Waals surface area contributed by atoms with Crippen molar-refractivity contribution < 1.29 is 4.74 Å². The van der Waals surface area contributed by atoms with Crippen LogP contribution in [0.25, 0.3) is 0 Å². The fourth-order valence-electron chi connectivity index (χ4n) is 2.48. The summed E-state index contributed by atoms with van der Waals surface area (Å²) in [7, 11) is 1.66. The molecule has 0 bridgehead atoms. The van der Waals surface area contributed by atoms with E-state index in [1.807, 2.05) is 12.1 Å². The topological polar surface area (TPSA) is 25.4 Å². The molecule has 92 valence electrons. The quantitative estimate of drug-likeness (QED) is 0.806. The molecule has 0 saturated carbocycles. The molecule has 0 N–H and O–H groups in total. The van der Waals surface area contributed by atoms with Crippen molar-refractivity contribution in [3.63, 3.8) is 0 Å². The van der Waals surface area contributed by atoms with Crippen LogP contribution in [0, 0.1) is 6.92 Å². The van der Waals surface area contributed by atoms with Gasteiger partial charge in [0.2, 0.25) is 5.88 Å². The maximum Gasteiger partial charge on any atom is 0.215 e. The zero-order chi connectivity index (χ0) is 12.5. The third-order valence-corrected chi connectivity index (χ3v) is 3.42. The Morgan fingerprint density at radius 1 is 1.22 bits per heavy atom. The molecule has 2 aromatic rings. The number of benzene rings is 1. The first-order chi connectivity index (χ1) is 8.79. The molecule has 0 saturated heterocycles. The highest BCUT2D eigenvalue weighted by Gasteiger charge is 2.24. The van der Waals surface area contributed by atoms with E-state index in [4.69, 9.17) is 4.74 Å². The number of rotatable bonds is 2. The largest absolute Gasteiger partial charge is 0.481 e. The number of pyridine rings is 1. The number of hydrogen-bond donors (Lipinski definition) is 0. The third kappa shape index (κ3) is 1.72. The zero-order valence-corrected chi connectivity index (χ0v) is 10.7. The number of fused-ring (bicyclic) bond motifs is 1. The summed E-state index contributed by atoms with van der Waals surface area (Å²) in [4.78, 5) is 6.85. The van der Waals surface area contributed by atoms with E-state index in [0.29, 0.717) is 5.88 Å². The highest BCUT2D eigenvalue weighted by atomic mass is 16.5. The van der Waals surface area contributed by atoms with Gasteiger partial charge in [0.15, 0.2) is 0 Å². The number of hydrogen-bond acceptors (Lipinski definition) is 3. The summed E-state index contributed by atoms with van der Waals surface area (Å²) in [6.07, 6.45) is 1.05. The van der Waals surface area contributed by atoms with Crippen LogP contribution in [0.4, 0.5) is 11.5 Å². The second-order valence-electron chi connectivity index (χ2n) is 4.52. The van der Waals surface area contributed by atoms with Gasteiger partial charge in [0, 0.05) is 23.9 Å². The van der Waals surface area contributed by atoms with Crippen LogP contribution in [0.15, 0.2) is 36.4 Å². The lowest BCUT2D eigenvalue weighted by Gasteiger charge is -2.19. The van der Waals surface area contributed by atoms with Crippen molar-refractivity contribution in [3.8, 4) is 5.88 Å². The Bertz CT molecular complexity index is 566. The van der Waals surface area contributed by atoms with Crippen molar-refractivity contribution in [1.29, 1.82) is 0 Å². The molecule has 3 nitrogen and oxygen atoms in total. The van der Waals surface area contributed by atoms with Gasteiger partial charge in [-0.1, -0.05) is 18.2 Å². The molecule has 0 fully saturated rings. The van der Waals surface area contributed by atoms with E-state index in [9.17, 15) is 0 Å². The minimum Gasteiger partial charge on any atom is -0.481 e. The molecule has 18 heavy (non-hydrogen) atoms. The van der Waals surface area contributed by atoms with E-state index in [0.717, 1.165) is 18.8 Å². The van der Waals surface area contributed by atoms with Crippen LogP contribution < -0.4 is 9.64 Å². The molecular formula is C15H16N2O. The number of nitrogens with zero attached hydrogens (tertiary/aromatic N) is 2. The monoisotopic (exact) mass is 240 g/mol. The molecule has 0 amide bonds. The van der Waals surface area contributed by atoms with Crippen molar-refractivity contribution in [2.24, 2.45) is 0 Å². The summed E-state index contributed by atoms with van der Waals surface area (Å²) in [6, 6.07) is 12.4. The van der Waals surface area contributed by atoms with Gasteiger partial charge in [-0.15, -0.1) is 0 Å². The van der Waals surface area contributed by atoms with Crippen molar-refractivity contribution >= 4 is 11.5 Å². The summed E-state index contributed by atoms with van der Waals surface area (Å²) in [5.74, 6) is 1.73. The number of aryl methyl sites for hydroxylation is 1. The first-order valence-electron chi connectivity index (χ1n) is 6.16. The highest BCUT2D eigenvalue weighted by Crippen LogP contribution is 2.36. The smallest absolute Gasteiger partial charge is 0.215 e. The van der Waals surface area contributed by atoms with Crippen LogP contribution in [-0.4, -0.2) is 18.6 Å². The molecule has 3 heteroatoms. The van der Waals surface area contributed by atoms with Crippen LogP contribution in [0.1, 0.15) is 11.1 Å². The van der Waals surface area contributed by atoms with E-state index in [1.54, 1.807) is 7.11 Å². The second kappa shape index (κ2) is 4.33. The van der Waals surface area contributed by atoms with Gasteiger partial charge in [-0.3, -0.25) is 0 Å². The second-order valence-corrected chi connectivity index (χ2v) is 4.52. The SMILES string of the molecule is COc1cc(C)c2c(n1)N(c1ccccc1)CC2. The maximum atomic E-state index is 5.27. The molecule has 1 aromatic carbocycles. The zero-order valence-electron chi connectivity index (χ0n) is 10.7. The Morgan fingerprint density at radius 2 is 2.00 bits per heavy atom. The molecule has 0 spiro atoms. The van der Waals surface area contributed by atoms with Gasteiger partial charge >= 0.3 is 0 Å². The Kier molecular flexibility index (Phi) is 2.67. The lowest BCUT2D eigenvalue weighted by Crippen LogP contribution is -2.14. The number of ether oxygens (including phenoxy) is 1. The molecule has 3 rings (SSSR count). The van der Waals surface area contributed by atoms with Crippen LogP contribution in [0.3, 0.4) is 0 Å². The van der Waals surface area contributed by atoms with E-state index in [1.165, 1.54) is 16.8 Å². The summed E-state index contributed by atoms with van der Waals surface area (Å²) in [5, 5.41) is 0. The van der Waals surface area contributed by atoms with Crippen molar-refractivity contribution in [2.75, 3.05) is 18.6 Å². The van der Waals surface area contributed by atoms with Gasteiger partial charge in [-0.25, -0.2) is 0 Å². The van der Waals surface area contributed by atoms with Gasteiger partial charge in [0.05, 0.1) is 7.11 Å². The van der Waals surface area contributed by atoms with Gasteiger partial charge in [0.1, 0.15) is 5.82 Å². The predicted octanol–water partition coefficient (Wildman–Crippen LogP) is 3.09. The van der Waals surface area contributed by atoms with Crippen molar-refractivity contribution in [1.82, 2.24) is 4.98 Å². The lowest BCUT2D eigenvalue weighted by atomic mass is 10.1. The van der Waals surface area contributed by atoms with Crippen LogP contribution in [-0.2, 0) is 6.42 Å². The Labute approximate surface area is 107 Å². The predicted molar refractivity (Wildman–Crippen MR) is 72.7 cm³/mol. The van der Waals surface area contributed by atoms with E-state index in [-0.39, 0.29) is 0 Å². The molecule has 1 aliphatic rings. The van der Waals surface area contributed by atoms with Gasteiger partial charge < -0.3 is 9.64 Å². The van der Waals surface area contributed by atoms with E-state index < -0.39 is 0 Å². The number of methoxy groups -OCH3 is 1. The molecule has 0 radical (unpaired) electrons. The normalized spacial score (nSPS) is 13.6. The highest BCUT2D eigenvalue weighted by molar-refractivity contribution is 5.68. The van der Waals surface area contributed by atoms with Gasteiger partial charge in [-0.05, 0) is 31.0 Å². The lowest BCUT2D eigenvalue weighted by molar-refractivity contribution is 0.398. The molecule has 2 heterocycles. The fraction of sp³-hybridized carbons (Fsp3) is 0.267. The van der Waals surface area contributed by atoms with E-state index in [2.05, 4.69) is 41.1 Å². The average molecular weight is 240 g/mol. The number of para-hydroxylation sites is 1. The van der Waals surface area contributed by atoms with Crippen LogP contribution >= 0.6 is 0 Å². The summed E-state index contributed by atoms with van der Waals surface area (Å²) >= 11 is 0. The van der Waals surface area contributed by atoms with Crippen LogP contribution in [0.5, 0.6) is 5.88 Å². The Balaban J connectivity index is 2.08. The summed E-state index contributed by atoms with van der Waals surface area (Å²) in [6.45, 7) is 3.11. The average Bonchev–Trinajstić information content (AvgIpc) is 2.84.